The lowest BCUT2D eigenvalue weighted by atomic mass is 9.88. The number of carbonyl (C=O) groups is 1. The molecule has 0 aliphatic carbocycles. The number of hydrogen-bond acceptors (Lipinski definition) is 7. The van der Waals surface area contributed by atoms with Crippen LogP contribution in [0.15, 0.2) is 102 Å². The molecule has 1 amide bonds. The molecule has 2 aliphatic heterocycles. The van der Waals surface area contributed by atoms with E-state index in [0.29, 0.717) is 33.1 Å². The molecule has 9 rings (SSSR count). The van der Waals surface area contributed by atoms with Crippen LogP contribution in [-0.4, -0.2) is 48.7 Å². The van der Waals surface area contributed by atoms with Gasteiger partial charge in [0.25, 0.3) is 5.91 Å². The SMILES string of the molecule is O=C(Nc1cccnc1N1CCC(c2nnco2)CC1)c1[nH]c2cc(Cl)cc3c2c1-c1c(-c2ccccc2)ncn1C3c1ccc(Cl)cc1. The van der Waals surface area contributed by atoms with Crippen molar-refractivity contribution in [2.75, 3.05) is 23.3 Å². The maximum atomic E-state index is 14.5. The van der Waals surface area contributed by atoms with Gasteiger partial charge >= 0.3 is 0 Å². The Morgan fingerprint density at radius 1 is 0.939 bits per heavy atom. The first kappa shape index (κ1) is 29.7. The topological polar surface area (TPSA) is 118 Å². The van der Waals surface area contributed by atoms with Crippen molar-refractivity contribution in [3.8, 4) is 22.5 Å². The molecule has 1 atom stereocenters. The number of halogens is 2. The lowest BCUT2D eigenvalue weighted by Gasteiger charge is -2.32. The standard InChI is InChI=1S/C37H28Cl2N8O2/c38-24-10-8-22(9-11-24)33-26-17-25(39)18-28-29(26)30(34-31(41-19-47(33)34)21-5-2-1-3-6-21)32(43-28)36(48)44-27-7-4-14-40-35(27)46-15-12-23(13-16-46)37-45-42-20-49-37/h1-11,14,17-20,23,33,43H,12-13,15-16H2,(H,44,48). The van der Waals surface area contributed by atoms with Gasteiger partial charge in [-0.3, -0.25) is 4.79 Å². The Morgan fingerprint density at radius 3 is 2.53 bits per heavy atom. The highest BCUT2D eigenvalue weighted by atomic mass is 35.5. The van der Waals surface area contributed by atoms with E-state index in [4.69, 9.17) is 37.6 Å². The van der Waals surface area contributed by atoms with Crippen LogP contribution in [-0.2, 0) is 0 Å². The van der Waals surface area contributed by atoms with Gasteiger partial charge in [-0.1, -0.05) is 65.7 Å². The van der Waals surface area contributed by atoms with Crippen LogP contribution in [0.5, 0.6) is 0 Å². The largest absolute Gasteiger partial charge is 0.428 e. The average molecular weight is 688 g/mol. The van der Waals surface area contributed by atoms with Crippen LogP contribution in [0.3, 0.4) is 0 Å². The first-order valence-corrected chi connectivity index (χ1v) is 16.8. The number of benzene rings is 3. The van der Waals surface area contributed by atoms with Crippen LogP contribution in [0.2, 0.25) is 10.0 Å². The number of nitrogens with zero attached hydrogens (tertiary/aromatic N) is 6. The number of nitrogens with one attached hydrogen (secondary N) is 2. The van der Waals surface area contributed by atoms with Gasteiger partial charge < -0.3 is 24.2 Å². The van der Waals surface area contributed by atoms with E-state index in [-0.39, 0.29) is 17.9 Å². The zero-order valence-corrected chi connectivity index (χ0v) is 27.5. The molecule has 2 N–H and O–H groups in total. The van der Waals surface area contributed by atoms with Crippen LogP contribution in [0, 0.1) is 0 Å². The van der Waals surface area contributed by atoms with Crippen molar-refractivity contribution in [2.24, 2.45) is 0 Å². The van der Waals surface area contributed by atoms with Gasteiger partial charge in [-0.25, -0.2) is 9.97 Å². The Balaban J connectivity index is 1.15. The predicted octanol–water partition coefficient (Wildman–Crippen LogP) is 8.37. The van der Waals surface area contributed by atoms with E-state index in [1.54, 1.807) is 6.20 Å². The molecule has 1 fully saturated rings. The first-order chi connectivity index (χ1) is 24.0. The molecule has 0 radical (unpaired) electrons. The van der Waals surface area contributed by atoms with Crippen LogP contribution in [0.1, 0.15) is 52.3 Å². The van der Waals surface area contributed by atoms with Gasteiger partial charge in [0.2, 0.25) is 12.3 Å². The molecule has 2 aliphatic rings. The summed E-state index contributed by atoms with van der Waals surface area (Å²) >= 11 is 13.1. The Bertz CT molecular complexity index is 2330. The highest BCUT2D eigenvalue weighted by Gasteiger charge is 2.36. The third-order valence-corrected chi connectivity index (χ3v) is 9.98. The lowest BCUT2D eigenvalue weighted by molar-refractivity contribution is 0.102. The molecule has 10 nitrogen and oxygen atoms in total. The van der Waals surface area contributed by atoms with Crippen LogP contribution < -0.4 is 10.2 Å². The molecule has 1 unspecified atom stereocenters. The third-order valence-electron chi connectivity index (χ3n) is 9.51. The number of aromatic amines is 1. The minimum atomic E-state index is -0.292. The molecule has 1 saturated heterocycles. The Hall–Kier alpha value is -5.45. The molecule has 3 aromatic carbocycles. The minimum absolute atomic E-state index is 0.196. The Labute approximate surface area is 290 Å². The van der Waals surface area contributed by atoms with Gasteiger partial charge in [0.1, 0.15) is 5.69 Å². The van der Waals surface area contributed by atoms with E-state index in [1.807, 2.05) is 85.2 Å². The second-order valence-electron chi connectivity index (χ2n) is 12.3. The Morgan fingerprint density at radius 2 is 1.76 bits per heavy atom. The van der Waals surface area contributed by atoms with E-state index in [9.17, 15) is 4.79 Å². The second-order valence-corrected chi connectivity index (χ2v) is 13.2. The maximum absolute atomic E-state index is 14.5. The van der Waals surface area contributed by atoms with Gasteiger partial charge in [-0.05, 0) is 60.4 Å². The Kier molecular flexibility index (Phi) is 7.21. The van der Waals surface area contributed by atoms with Gasteiger partial charge in [-0.2, -0.15) is 0 Å². The number of imidazole rings is 1. The van der Waals surface area contributed by atoms with Gasteiger partial charge in [0, 0.05) is 57.3 Å². The van der Waals surface area contributed by atoms with Crippen LogP contribution in [0.25, 0.3) is 33.4 Å². The maximum Gasteiger partial charge on any atom is 0.272 e. The summed E-state index contributed by atoms with van der Waals surface area (Å²) in [5.74, 6) is 1.28. The number of fused-ring (bicyclic) bond motifs is 2. The van der Waals surface area contributed by atoms with Crippen molar-refractivity contribution in [3.05, 3.63) is 131 Å². The van der Waals surface area contributed by atoms with E-state index in [1.165, 1.54) is 6.39 Å². The molecule has 0 spiro atoms. The van der Waals surface area contributed by atoms with Gasteiger partial charge in [0.15, 0.2) is 5.82 Å². The number of anilines is 2. The molecule has 0 saturated carbocycles. The summed E-state index contributed by atoms with van der Waals surface area (Å²) in [6.45, 7) is 1.47. The van der Waals surface area contributed by atoms with Gasteiger partial charge in [0.05, 0.1) is 29.4 Å². The molecule has 4 aromatic heterocycles. The monoisotopic (exact) mass is 686 g/mol. The predicted molar refractivity (Wildman–Crippen MR) is 189 cm³/mol. The number of hydrogen-bond donors (Lipinski definition) is 2. The van der Waals surface area contributed by atoms with Crippen molar-refractivity contribution >= 4 is 51.5 Å². The zero-order valence-electron chi connectivity index (χ0n) is 26.0. The summed E-state index contributed by atoms with van der Waals surface area (Å²) in [4.78, 5) is 29.8. The van der Waals surface area contributed by atoms with E-state index in [0.717, 1.165) is 70.5 Å². The fraction of sp³-hybridized carbons (Fsp3) is 0.162. The fourth-order valence-electron chi connectivity index (χ4n) is 7.33. The summed E-state index contributed by atoms with van der Waals surface area (Å²) in [7, 11) is 0. The number of H-pyrrole nitrogens is 1. The number of carbonyl (C=O) groups excluding carboxylic acids is 1. The summed E-state index contributed by atoms with van der Waals surface area (Å²) in [5.41, 5.74) is 7.12. The number of pyridine rings is 1. The first-order valence-electron chi connectivity index (χ1n) is 16.0. The summed E-state index contributed by atoms with van der Waals surface area (Å²) in [6.07, 6.45) is 6.64. The lowest BCUT2D eigenvalue weighted by Crippen LogP contribution is -2.34. The molecule has 242 valence electrons. The van der Waals surface area contributed by atoms with Gasteiger partial charge in [-0.15, -0.1) is 10.2 Å². The molecular formula is C37H28Cl2N8O2. The molecule has 12 heteroatoms. The molecule has 49 heavy (non-hydrogen) atoms. The molecule has 6 heterocycles. The third kappa shape index (κ3) is 5.06. The normalized spacial score (nSPS) is 15.8. The zero-order chi connectivity index (χ0) is 33.1. The number of piperidine rings is 1. The number of amides is 1. The van der Waals surface area contributed by atoms with Crippen molar-refractivity contribution < 1.29 is 9.21 Å². The fourth-order valence-corrected chi connectivity index (χ4v) is 7.68. The molecular weight excluding hydrogens is 659 g/mol. The van der Waals surface area contributed by atoms with Crippen molar-refractivity contribution in [3.63, 3.8) is 0 Å². The number of rotatable bonds is 6. The van der Waals surface area contributed by atoms with E-state index < -0.39 is 0 Å². The second kappa shape index (κ2) is 11.9. The van der Waals surface area contributed by atoms with E-state index >= 15 is 0 Å². The van der Waals surface area contributed by atoms with Crippen LogP contribution >= 0.6 is 23.2 Å². The van der Waals surface area contributed by atoms with E-state index in [2.05, 4.69) is 30.0 Å². The average Bonchev–Trinajstić information content (AvgIpc) is 3.90. The smallest absolute Gasteiger partial charge is 0.272 e. The van der Waals surface area contributed by atoms with Crippen molar-refractivity contribution in [2.45, 2.75) is 24.8 Å². The minimum Gasteiger partial charge on any atom is -0.428 e. The van der Waals surface area contributed by atoms with Crippen molar-refractivity contribution in [1.82, 2.24) is 29.7 Å². The van der Waals surface area contributed by atoms with Crippen molar-refractivity contribution in [1.29, 1.82) is 0 Å². The van der Waals surface area contributed by atoms with Crippen LogP contribution in [0.4, 0.5) is 11.5 Å². The molecule has 0 bridgehead atoms. The highest BCUT2D eigenvalue weighted by Crippen LogP contribution is 2.50. The quantitative estimate of drug-likeness (QED) is 0.180. The number of aromatic nitrogens is 6. The summed E-state index contributed by atoms with van der Waals surface area (Å²) in [5, 5.41) is 13.3. The molecule has 7 aromatic rings. The summed E-state index contributed by atoms with van der Waals surface area (Å²) < 4.78 is 7.59. The summed E-state index contributed by atoms with van der Waals surface area (Å²) in [6, 6.07) is 25.1. The highest BCUT2D eigenvalue weighted by molar-refractivity contribution is 6.32.